The molecule has 2 unspecified atom stereocenters. The van der Waals surface area contributed by atoms with Gasteiger partial charge >= 0.3 is 0 Å². The van der Waals surface area contributed by atoms with Crippen LogP contribution in [0.25, 0.3) is 0 Å². The fourth-order valence-electron chi connectivity index (χ4n) is 2.58. The molecule has 0 fully saturated rings. The molecule has 0 saturated heterocycles. The molecule has 1 N–H and O–H groups in total. The van der Waals surface area contributed by atoms with Crippen LogP contribution in [-0.2, 0) is 11.2 Å². The molecule has 0 aromatic heterocycles. The number of hydrogen-bond acceptors (Lipinski definition) is 3. The molecule has 2 atom stereocenters. The summed E-state index contributed by atoms with van der Waals surface area (Å²) in [7, 11) is 3.53. The molecule has 1 aromatic carbocycles. The molecule has 0 heterocycles. The minimum absolute atomic E-state index is 0.228. The molecule has 0 saturated carbocycles. The first kappa shape index (κ1) is 17.0. The predicted octanol–water partition coefficient (Wildman–Crippen LogP) is 3.34. The minimum Gasteiger partial charge on any atom is -0.496 e. The molecular weight excluding hydrogens is 250 g/mol. The van der Waals surface area contributed by atoms with Crippen molar-refractivity contribution in [2.24, 2.45) is 0 Å². The fourth-order valence-corrected chi connectivity index (χ4v) is 2.58. The summed E-state index contributed by atoms with van der Waals surface area (Å²) < 4.78 is 11.1. The zero-order valence-corrected chi connectivity index (χ0v) is 13.5. The van der Waals surface area contributed by atoms with Gasteiger partial charge in [-0.3, -0.25) is 0 Å². The Balaban J connectivity index is 2.90. The van der Waals surface area contributed by atoms with Crippen LogP contribution >= 0.6 is 0 Å². The molecule has 0 spiro atoms. The number of nitrogens with one attached hydrogen (secondary N) is 1. The van der Waals surface area contributed by atoms with Crippen molar-refractivity contribution in [1.82, 2.24) is 5.32 Å². The molecular formula is C17H29NO2. The largest absolute Gasteiger partial charge is 0.496 e. The van der Waals surface area contributed by atoms with Crippen molar-refractivity contribution in [2.45, 2.75) is 52.2 Å². The van der Waals surface area contributed by atoms with Crippen molar-refractivity contribution in [1.29, 1.82) is 0 Å². The summed E-state index contributed by atoms with van der Waals surface area (Å²) in [5.74, 6) is 0.963. The van der Waals surface area contributed by atoms with Crippen molar-refractivity contribution >= 4 is 0 Å². The van der Waals surface area contributed by atoms with Gasteiger partial charge in [0.05, 0.1) is 13.2 Å². The van der Waals surface area contributed by atoms with E-state index in [1.165, 1.54) is 11.1 Å². The van der Waals surface area contributed by atoms with Gasteiger partial charge in [0.1, 0.15) is 5.75 Å². The zero-order chi connectivity index (χ0) is 15.0. The molecule has 3 heteroatoms. The number of benzene rings is 1. The van der Waals surface area contributed by atoms with Gasteiger partial charge in [0.15, 0.2) is 0 Å². The first-order valence-corrected chi connectivity index (χ1v) is 7.55. The number of hydrogen-bond donors (Lipinski definition) is 1. The van der Waals surface area contributed by atoms with Crippen LogP contribution in [0.15, 0.2) is 18.2 Å². The fraction of sp³-hybridized carbons (Fsp3) is 0.647. The summed E-state index contributed by atoms with van der Waals surface area (Å²) in [5.41, 5.74) is 2.51. The van der Waals surface area contributed by atoms with Crippen molar-refractivity contribution in [3.05, 3.63) is 29.3 Å². The molecule has 1 aromatic rings. The SMILES string of the molecule is CCCNC(Cc1cc(C)ccc1OC)C(CC)OC. The third kappa shape index (κ3) is 4.80. The van der Waals surface area contributed by atoms with Crippen LogP contribution in [0.4, 0.5) is 0 Å². The van der Waals surface area contributed by atoms with E-state index in [0.717, 1.165) is 31.6 Å². The Bertz CT molecular complexity index is 389. The van der Waals surface area contributed by atoms with Crippen molar-refractivity contribution in [2.75, 3.05) is 20.8 Å². The second-order valence-electron chi connectivity index (χ2n) is 5.26. The average molecular weight is 279 g/mol. The lowest BCUT2D eigenvalue weighted by atomic mass is 9.97. The molecule has 1 rings (SSSR count). The topological polar surface area (TPSA) is 30.5 Å². The monoisotopic (exact) mass is 279 g/mol. The van der Waals surface area contributed by atoms with E-state index >= 15 is 0 Å². The smallest absolute Gasteiger partial charge is 0.122 e. The van der Waals surface area contributed by atoms with Crippen LogP contribution < -0.4 is 10.1 Å². The maximum absolute atomic E-state index is 5.63. The van der Waals surface area contributed by atoms with E-state index in [-0.39, 0.29) is 6.10 Å². The first-order chi connectivity index (χ1) is 9.65. The van der Waals surface area contributed by atoms with E-state index in [0.29, 0.717) is 6.04 Å². The van der Waals surface area contributed by atoms with Crippen LogP contribution in [-0.4, -0.2) is 32.9 Å². The summed E-state index contributed by atoms with van der Waals surface area (Å²) in [4.78, 5) is 0. The van der Waals surface area contributed by atoms with Crippen LogP contribution in [0, 0.1) is 6.92 Å². The lowest BCUT2D eigenvalue weighted by Gasteiger charge is -2.27. The van der Waals surface area contributed by atoms with Gasteiger partial charge in [0, 0.05) is 13.2 Å². The highest BCUT2D eigenvalue weighted by molar-refractivity contribution is 5.37. The molecule has 0 amide bonds. The first-order valence-electron chi connectivity index (χ1n) is 7.55. The molecule has 0 aliphatic heterocycles. The van der Waals surface area contributed by atoms with Crippen molar-refractivity contribution in [3.8, 4) is 5.75 Å². The minimum atomic E-state index is 0.228. The van der Waals surface area contributed by atoms with Crippen molar-refractivity contribution < 1.29 is 9.47 Å². The van der Waals surface area contributed by atoms with E-state index in [1.807, 2.05) is 0 Å². The highest BCUT2D eigenvalue weighted by Crippen LogP contribution is 2.22. The summed E-state index contributed by atoms with van der Waals surface area (Å²) in [6.45, 7) is 7.48. The van der Waals surface area contributed by atoms with E-state index in [1.54, 1.807) is 14.2 Å². The van der Waals surface area contributed by atoms with Gasteiger partial charge in [-0.15, -0.1) is 0 Å². The Labute approximate surface area is 123 Å². The molecule has 0 aliphatic rings. The van der Waals surface area contributed by atoms with E-state index in [2.05, 4.69) is 44.3 Å². The number of rotatable bonds is 9. The summed E-state index contributed by atoms with van der Waals surface area (Å²) in [6.07, 6.45) is 3.29. The predicted molar refractivity (Wildman–Crippen MR) is 84.6 cm³/mol. The Morgan fingerprint density at radius 1 is 1.20 bits per heavy atom. The molecule has 114 valence electrons. The van der Waals surface area contributed by atoms with Crippen LogP contribution in [0.5, 0.6) is 5.75 Å². The maximum atomic E-state index is 5.63. The van der Waals surface area contributed by atoms with E-state index < -0.39 is 0 Å². The average Bonchev–Trinajstić information content (AvgIpc) is 2.46. The van der Waals surface area contributed by atoms with Gasteiger partial charge in [-0.1, -0.05) is 31.5 Å². The Morgan fingerprint density at radius 2 is 1.95 bits per heavy atom. The van der Waals surface area contributed by atoms with Gasteiger partial charge in [-0.25, -0.2) is 0 Å². The van der Waals surface area contributed by atoms with Crippen molar-refractivity contribution in [3.63, 3.8) is 0 Å². The highest BCUT2D eigenvalue weighted by Gasteiger charge is 2.21. The van der Waals surface area contributed by atoms with Gasteiger partial charge in [0.25, 0.3) is 0 Å². The normalized spacial score (nSPS) is 14.1. The molecule has 0 radical (unpaired) electrons. The summed E-state index contributed by atoms with van der Waals surface area (Å²) in [5, 5.41) is 3.61. The standard InChI is InChI=1S/C17H29NO2/c1-6-10-18-15(16(7-2)19-4)12-14-11-13(3)8-9-17(14)20-5/h8-9,11,15-16,18H,6-7,10,12H2,1-5H3. The lowest BCUT2D eigenvalue weighted by molar-refractivity contribution is 0.0651. The van der Waals surface area contributed by atoms with E-state index in [9.17, 15) is 0 Å². The Kier molecular flexibility index (Phi) is 7.63. The Morgan fingerprint density at radius 3 is 2.50 bits per heavy atom. The second-order valence-corrected chi connectivity index (χ2v) is 5.26. The third-order valence-corrected chi connectivity index (χ3v) is 3.69. The van der Waals surface area contributed by atoms with Gasteiger partial charge in [-0.2, -0.15) is 0 Å². The number of ether oxygens (including phenoxy) is 2. The third-order valence-electron chi connectivity index (χ3n) is 3.69. The summed E-state index contributed by atoms with van der Waals surface area (Å²) in [6, 6.07) is 6.67. The molecule has 0 aliphatic carbocycles. The quantitative estimate of drug-likeness (QED) is 0.752. The van der Waals surface area contributed by atoms with Crippen LogP contribution in [0.3, 0.4) is 0 Å². The summed E-state index contributed by atoms with van der Waals surface area (Å²) >= 11 is 0. The zero-order valence-electron chi connectivity index (χ0n) is 13.5. The van der Waals surface area contributed by atoms with Crippen LogP contribution in [0.1, 0.15) is 37.8 Å². The van der Waals surface area contributed by atoms with E-state index in [4.69, 9.17) is 9.47 Å². The maximum Gasteiger partial charge on any atom is 0.122 e. The number of aryl methyl sites for hydroxylation is 1. The van der Waals surface area contributed by atoms with Gasteiger partial charge < -0.3 is 14.8 Å². The van der Waals surface area contributed by atoms with Gasteiger partial charge in [0.2, 0.25) is 0 Å². The molecule has 3 nitrogen and oxygen atoms in total. The molecule has 0 bridgehead atoms. The Hall–Kier alpha value is -1.06. The lowest BCUT2D eigenvalue weighted by Crippen LogP contribution is -2.42. The second kappa shape index (κ2) is 8.98. The molecule has 20 heavy (non-hydrogen) atoms. The number of methoxy groups -OCH3 is 2. The highest BCUT2D eigenvalue weighted by atomic mass is 16.5. The van der Waals surface area contributed by atoms with Gasteiger partial charge in [-0.05, 0) is 44.4 Å². The van der Waals surface area contributed by atoms with Crippen LogP contribution in [0.2, 0.25) is 0 Å².